The second-order valence-electron chi connectivity index (χ2n) is 9.48. The van der Waals surface area contributed by atoms with Crippen molar-refractivity contribution in [1.29, 1.82) is 0 Å². The van der Waals surface area contributed by atoms with Crippen LogP contribution in [0.2, 0.25) is 0 Å². The van der Waals surface area contributed by atoms with E-state index in [0.29, 0.717) is 30.0 Å². The summed E-state index contributed by atoms with van der Waals surface area (Å²) in [4.78, 5) is 26.9. The van der Waals surface area contributed by atoms with Crippen LogP contribution in [0.4, 0.5) is 10.1 Å². The molecule has 0 saturated carbocycles. The maximum absolute atomic E-state index is 15.7. The molecule has 5 aromatic rings. The number of halogens is 2. The van der Waals surface area contributed by atoms with Gasteiger partial charge >= 0.3 is 5.97 Å². The van der Waals surface area contributed by atoms with Crippen molar-refractivity contribution in [2.75, 3.05) is 18.0 Å². The molecule has 0 bridgehead atoms. The van der Waals surface area contributed by atoms with Gasteiger partial charge in [0.25, 0.3) is 0 Å². The number of carbonyl (C=O) groups is 1. The van der Waals surface area contributed by atoms with Gasteiger partial charge in [-0.15, -0.1) is 0 Å². The standard InChI is InChI=1S/C28H20FN3O4.ClH/c29-21-11-19-23-27(24(21)31-10-9-15(30)12-31)36-26-18-6-5-14-3-1-2-4-16(14)17(18)7-8-22(26)32(23)13-20(25(19)33)28(34)35;/h1-8,11,13,15H,9-10,12,30H2,(H,34,35);1H/t15-;/m1./s1. The third-order valence-electron chi connectivity index (χ3n) is 7.32. The summed E-state index contributed by atoms with van der Waals surface area (Å²) in [7, 11) is 0. The molecule has 1 fully saturated rings. The topological polar surface area (TPSA) is 99.4 Å². The molecule has 0 radical (unpaired) electrons. The first-order valence-electron chi connectivity index (χ1n) is 11.8. The van der Waals surface area contributed by atoms with Gasteiger partial charge in [-0.2, -0.15) is 0 Å². The number of nitrogens with zero attached hydrogens (tertiary/aromatic N) is 2. The van der Waals surface area contributed by atoms with Crippen LogP contribution in [0.1, 0.15) is 16.8 Å². The Morgan fingerprint density at radius 3 is 2.57 bits per heavy atom. The molecule has 0 aliphatic carbocycles. The average molecular weight is 518 g/mol. The van der Waals surface area contributed by atoms with Gasteiger partial charge in [-0.05, 0) is 34.4 Å². The van der Waals surface area contributed by atoms with Gasteiger partial charge < -0.3 is 37.5 Å². The minimum absolute atomic E-state index is 0. The van der Waals surface area contributed by atoms with Gasteiger partial charge in [-0.1, -0.05) is 36.4 Å². The zero-order valence-electron chi connectivity index (χ0n) is 19.5. The first kappa shape index (κ1) is 23.3. The molecule has 7 rings (SSSR count). The number of benzene rings is 4. The number of fused-ring (bicyclic) bond motifs is 6. The second kappa shape index (κ2) is 8.19. The van der Waals surface area contributed by atoms with Crippen LogP contribution in [-0.2, 0) is 0 Å². The third-order valence-corrected chi connectivity index (χ3v) is 7.32. The zero-order valence-corrected chi connectivity index (χ0v) is 20.3. The van der Waals surface area contributed by atoms with E-state index in [1.165, 1.54) is 6.20 Å². The van der Waals surface area contributed by atoms with Gasteiger partial charge in [0.2, 0.25) is 5.43 Å². The van der Waals surface area contributed by atoms with E-state index in [1.54, 1.807) is 4.57 Å². The highest BCUT2D eigenvalue weighted by Crippen LogP contribution is 2.49. The van der Waals surface area contributed by atoms with Crippen molar-refractivity contribution >= 4 is 44.1 Å². The van der Waals surface area contributed by atoms with Gasteiger partial charge in [0, 0.05) is 24.5 Å². The smallest absolute Gasteiger partial charge is 0.341 e. The number of pyridine rings is 1. The molecule has 2 aliphatic heterocycles. The Morgan fingerprint density at radius 2 is 1.81 bits per heavy atom. The fourth-order valence-corrected chi connectivity index (χ4v) is 5.63. The molecular weight excluding hydrogens is 497 g/mol. The number of aromatic carboxylic acids is 1. The van der Waals surface area contributed by atoms with E-state index in [2.05, 4.69) is 5.73 Å². The van der Waals surface area contributed by atoms with Crippen molar-refractivity contribution in [3.05, 3.63) is 82.4 Å². The minimum atomic E-state index is -1.36. The number of aromatic nitrogens is 1. The molecule has 186 valence electrons. The molecule has 1 aromatic heterocycles. The van der Waals surface area contributed by atoms with Crippen molar-refractivity contribution in [3.8, 4) is 17.2 Å². The van der Waals surface area contributed by atoms with Gasteiger partial charge in [0.1, 0.15) is 22.8 Å². The van der Waals surface area contributed by atoms with E-state index in [1.807, 2.05) is 53.4 Å². The van der Waals surface area contributed by atoms with Crippen molar-refractivity contribution in [2.45, 2.75) is 12.5 Å². The molecule has 7 nitrogen and oxygen atoms in total. The molecule has 3 heterocycles. The van der Waals surface area contributed by atoms with Gasteiger partial charge in [-0.25, -0.2) is 9.18 Å². The predicted octanol–water partition coefficient (Wildman–Crippen LogP) is 1.06. The van der Waals surface area contributed by atoms with Crippen LogP contribution in [0.15, 0.2) is 65.6 Å². The first-order valence-corrected chi connectivity index (χ1v) is 11.8. The molecule has 9 heteroatoms. The second-order valence-corrected chi connectivity index (χ2v) is 9.48. The molecule has 37 heavy (non-hydrogen) atoms. The fourth-order valence-electron chi connectivity index (χ4n) is 5.63. The Labute approximate surface area is 215 Å². The molecule has 0 spiro atoms. The lowest BCUT2D eigenvalue weighted by Crippen LogP contribution is -3.00. The molecule has 0 unspecified atom stereocenters. The third kappa shape index (κ3) is 3.22. The summed E-state index contributed by atoms with van der Waals surface area (Å²) < 4.78 is 23.8. The highest BCUT2D eigenvalue weighted by Gasteiger charge is 2.34. The van der Waals surface area contributed by atoms with E-state index < -0.39 is 22.8 Å². The number of carboxylic acids is 1. The van der Waals surface area contributed by atoms with Crippen LogP contribution in [-0.4, -0.2) is 34.8 Å². The molecule has 1 atom stereocenters. The summed E-state index contributed by atoms with van der Waals surface area (Å²) in [6, 6.07) is 17.1. The highest BCUT2D eigenvalue weighted by atomic mass is 35.5. The molecular formula is C28H21ClFN3O4. The lowest BCUT2D eigenvalue weighted by molar-refractivity contribution is -0.412. The van der Waals surface area contributed by atoms with Crippen LogP contribution in [0.3, 0.4) is 0 Å². The lowest BCUT2D eigenvalue weighted by Gasteiger charge is -2.29. The van der Waals surface area contributed by atoms with Gasteiger partial charge in [0.05, 0.1) is 17.6 Å². The summed E-state index contributed by atoms with van der Waals surface area (Å²) in [5.74, 6) is -1.27. The molecule has 1 saturated heterocycles. The maximum atomic E-state index is 15.7. The Hall–Kier alpha value is -4.14. The quantitative estimate of drug-likeness (QED) is 0.335. The number of hydrogen-bond acceptors (Lipinski definition) is 4. The lowest BCUT2D eigenvalue weighted by atomic mass is 9.99. The molecule has 0 amide bonds. The maximum Gasteiger partial charge on any atom is 0.341 e. The van der Waals surface area contributed by atoms with E-state index in [4.69, 9.17) is 4.74 Å². The van der Waals surface area contributed by atoms with Crippen molar-refractivity contribution < 1.29 is 37.2 Å². The SMILES string of the molecule is [Cl-].[NH3+][C@@H]1CCN(c2c(F)cc3c(=O)c(C(=O)O)cn4c3c2Oc2c-4ccc3c2ccc2ccccc23)C1. The van der Waals surface area contributed by atoms with Crippen molar-refractivity contribution in [2.24, 2.45) is 0 Å². The number of anilines is 1. The highest BCUT2D eigenvalue weighted by molar-refractivity contribution is 6.11. The number of carboxylic acid groups (broad SMARTS) is 1. The summed E-state index contributed by atoms with van der Waals surface area (Å²) in [5, 5.41) is 13.6. The normalized spacial score (nSPS) is 16.1. The Kier molecular flexibility index (Phi) is 5.15. The van der Waals surface area contributed by atoms with Crippen molar-refractivity contribution in [1.82, 2.24) is 4.57 Å². The van der Waals surface area contributed by atoms with E-state index in [9.17, 15) is 14.7 Å². The zero-order chi connectivity index (χ0) is 24.7. The summed E-state index contributed by atoms with van der Waals surface area (Å²) in [6.07, 6.45) is 2.13. The van der Waals surface area contributed by atoms with E-state index >= 15 is 4.39 Å². The van der Waals surface area contributed by atoms with Crippen LogP contribution < -0.4 is 33.2 Å². The number of hydrogen-bond donors (Lipinski definition) is 2. The summed E-state index contributed by atoms with van der Waals surface area (Å²) >= 11 is 0. The van der Waals surface area contributed by atoms with Crippen LogP contribution in [0, 0.1) is 5.82 Å². The number of quaternary nitrogens is 1. The summed E-state index contributed by atoms with van der Waals surface area (Å²) in [5.41, 5.74) is 4.18. The predicted molar refractivity (Wildman–Crippen MR) is 135 cm³/mol. The van der Waals surface area contributed by atoms with Crippen LogP contribution >= 0.6 is 0 Å². The van der Waals surface area contributed by atoms with E-state index in [0.717, 1.165) is 34.0 Å². The fraction of sp³-hybridized carbons (Fsp3) is 0.143. The molecule has 4 aromatic carbocycles. The van der Waals surface area contributed by atoms with Gasteiger partial charge in [0.15, 0.2) is 17.3 Å². The number of rotatable bonds is 2. The van der Waals surface area contributed by atoms with Crippen molar-refractivity contribution in [3.63, 3.8) is 0 Å². The Bertz CT molecular complexity index is 1850. The van der Waals surface area contributed by atoms with Crippen LogP contribution in [0.5, 0.6) is 11.5 Å². The monoisotopic (exact) mass is 517 g/mol. The van der Waals surface area contributed by atoms with Crippen LogP contribution in [0.25, 0.3) is 38.1 Å². The Balaban J connectivity index is 0.00000252. The van der Waals surface area contributed by atoms with E-state index in [-0.39, 0.29) is 35.3 Å². The largest absolute Gasteiger partial charge is 1.00 e. The number of ether oxygens (including phenoxy) is 1. The van der Waals surface area contributed by atoms with Gasteiger partial charge in [-0.3, -0.25) is 4.79 Å². The Morgan fingerprint density at radius 1 is 1.03 bits per heavy atom. The first-order chi connectivity index (χ1) is 17.4. The summed E-state index contributed by atoms with van der Waals surface area (Å²) in [6.45, 7) is 1.17. The average Bonchev–Trinajstić information content (AvgIpc) is 3.30. The molecule has 2 aliphatic rings. The molecule has 4 N–H and O–H groups in total. The minimum Gasteiger partial charge on any atom is -1.00 e.